The van der Waals surface area contributed by atoms with Crippen LogP contribution < -0.4 is 0 Å². The molecule has 1 heterocycles. The van der Waals surface area contributed by atoms with E-state index >= 15 is 0 Å². The zero-order valence-electron chi connectivity index (χ0n) is 16.8. The number of thiophene rings is 1. The summed E-state index contributed by atoms with van der Waals surface area (Å²) in [4.78, 5) is 31.2. The molecule has 0 N–H and O–H groups in total. The zero-order valence-corrected chi connectivity index (χ0v) is 19.2. The van der Waals surface area contributed by atoms with Crippen molar-refractivity contribution in [1.29, 1.82) is 0 Å². The highest BCUT2D eigenvalue weighted by Gasteiger charge is 2.35. The van der Waals surface area contributed by atoms with Gasteiger partial charge in [0, 0.05) is 33.1 Å². The summed E-state index contributed by atoms with van der Waals surface area (Å²) in [6.45, 7) is 1.04. The zero-order chi connectivity index (χ0) is 21.8. The first-order chi connectivity index (χ1) is 15.0. The van der Waals surface area contributed by atoms with Gasteiger partial charge in [-0.15, -0.1) is 11.3 Å². The van der Waals surface area contributed by atoms with Crippen molar-refractivity contribution >= 4 is 46.4 Å². The van der Waals surface area contributed by atoms with Crippen LogP contribution in [-0.2, 0) is 17.9 Å². The highest BCUT2D eigenvalue weighted by Crippen LogP contribution is 2.30. The number of carbonyl (C=O) groups is 2. The summed E-state index contributed by atoms with van der Waals surface area (Å²) in [6.07, 6.45) is 1.80. The predicted molar refractivity (Wildman–Crippen MR) is 126 cm³/mol. The summed E-state index contributed by atoms with van der Waals surface area (Å²) in [5.74, 6) is -0.290. The van der Waals surface area contributed by atoms with Gasteiger partial charge in [0.2, 0.25) is 5.91 Å². The lowest BCUT2D eigenvalue weighted by atomic mass is 10.2. The minimum atomic E-state index is -0.212. The van der Waals surface area contributed by atoms with Crippen LogP contribution in [0.3, 0.4) is 0 Å². The molecule has 3 aromatic rings. The van der Waals surface area contributed by atoms with Crippen molar-refractivity contribution in [2.75, 3.05) is 6.54 Å². The van der Waals surface area contributed by atoms with E-state index in [1.807, 2.05) is 52.7 Å². The number of rotatable bonds is 8. The van der Waals surface area contributed by atoms with E-state index in [1.54, 1.807) is 34.4 Å². The van der Waals surface area contributed by atoms with Gasteiger partial charge < -0.3 is 9.80 Å². The van der Waals surface area contributed by atoms with E-state index in [9.17, 15) is 9.59 Å². The summed E-state index contributed by atoms with van der Waals surface area (Å²) in [7, 11) is 0. The maximum absolute atomic E-state index is 13.4. The average molecular weight is 473 g/mol. The molecule has 0 unspecified atom stereocenters. The van der Waals surface area contributed by atoms with Gasteiger partial charge in [-0.3, -0.25) is 9.59 Å². The Morgan fingerprint density at radius 1 is 0.935 bits per heavy atom. The molecule has 31 heavy (non-hydrogen) atoms. The summed E-state index contributed by atoms with van der Waals surface area (Å²) in [6, 6.07) is 18.8. The Morgan fingerprint density at radius 3 is 2.26 bits per heavy atom. The number of hydrogen-bond acceptors (Lipinski definition) is 3. The summed E-state index contributed by atoms with van der Waals surface area (Å²) < 4.78 is 0. The van der Waals surface area contributed by atoms with Gasteiger partial charge in [-0.05, 0) is 48.1 Å². The molecule has 1 aliphatic carbocycles. The molecular formula is C24H22Cl2N2O2S. The second-order valence-electron chi connectivity index (χ2n) is 7.64. The Morgan fingerprint density at radius 2 is 1.65 bits per heavy atom. The van der Waals surface area contributed by atoms with Crippen molar-refractivity contribution in [3.05, 3.63) is 92.1 Å². The maximum atomic E-state index is 13.4. The molecule has 160 valence electrons. The first-order valence-electron chi connectivity index (χ1n) is 10.1. The van der Waals surface area contributed by atoms with Gasteiger partial charge >= 0.3 is 0 Å². The number of benzene rings is 2. The smallest absolute Gasteiger partial charge is 0.254 e. The van der Waals surface area contributed by atoms with Crippen LogP contribution in [0.2, 0.25) is 10.0 Å². The highest BCUT2D eigenvalue weighted by atomic mass is 35.5. The molecule has 7 heteroatoms. The molecule has 1 saturated carbocycles. The van der Waals surface area contributed by atoms with Crippen molar-refractivity contribution in [3.63, 3.8) is 0 Å². The number of hydrogen-bond donors (Lipinski definition) is 0. The molecule has 0 saturated heterocycles. The van der Waals surface area contributed by atoms with Crippen LogP contribution in [0.5, 0.6) is 0 Å². The second kappa shape index (κ2) is 9.86. The van der Waals surface area contributed by atoms with E-state index < -0.39 is 0 Å². The third-order valence-electron chi connectivity index (χ3n) is 5.16. The number of halogens is 2. The third-order valence-corrected chi connectivity index (χ3v) is 6.46. The summed E-state index contributed by atoms with van der Waals surface area (Å²) in [5.41, 5.74) is 1.46. The van der Waals surface area contributed by atoms with E-state index in [1.165, 1.54) is 0 Å². The topological polar surface area (TPSA) is 40.6 Å². The highest BCUT2D eigenvalue weighted by molar-refractivity contribution is 7.09. The second-order valence-corrected chi connectivity index (χ2v) is 9.54. The van der Waals surface area contributed by atoms with Crippen molar-refractivity contribution in [2.45, 2.75) is 32.0 Å². The van der Waals surface area contributed by atoms with Gasteiger partial charge in [-0.25, -0.2) is 0 Å². The SMILES string of the molecule is O=C(CN(C(=O)c1cc(Cl)cc(Cl)c1)C1CC1)N(Cc1ccccc1)Cc1cccs1. The molecule has 4 rings (SSSR count). The van der Waals surface area contributed by atoms with Gasteiger partial charge in [0.05, 0.1) is 6.54 Å². The molecule has 0 bridgehead atoms. The largest absolute Gasteiger partial charge is 0.332 e. The Hall–Kier alpha value is -2.34. The molecule has 1 aromatic heterocycles. The minimum absolute atomic E-state index is 0.0336. The molecule has 0 spiro atoms. The number of nitrogens with zero attached hydrogens (tertiary/aromatic N) is 2. The van der Waals surface area contributed by atoms with Crippen LogP contribution in [-0.4, -0.2) is 34.2 Å². The Labute approximate surface area is 196 Å². The Bertz CT molecular complexity index is 1030. The van der Waals surface area contributed by atoms with E-state index in [0.717, 1.165) is 23.3 Å². The lowest BCUT2D eigenvalue weighted by molar-refractivity contribution is -0.133. The van der Waals surface area contributed by atoms with E-state index in [-0.39, 0.29) is 24.4 Å². The normalized spacial score (nSPS) is 13.1. The van der Waals surface area contributed by atoms with Crippen molar-refractivity contribution in [2.24, 2.45) is 0 Å². The maximum Gasteiger partial charge on any atom is 0.254 e. The lowest BCUT2D eigenvalue weighted by Crippen LogP contribution is -2.43. The van der Waals surface area contributed by atoms with Gasteiger partial charge in [0.15, 0.2) is 0 Å². The minimum Gasteiger partial charge on any atom is -0.332 e. The monoisotopic (exact) mass is 472 g/mol. The average Bonchev–Trinajstić information content (AvgIpc) is 3.46. The van der Waals surface area contributed by atoms with Crippen LogP contribution in [0, 0.1) is 0 Å². The summed E-state index contributed by atoms with van der Waals surface area (Å²) >= 11 is 13.8. The first kappa shape index (κ1) is 21.9. The Balaban J connectivity index is 1.54. The van der Waals surface area contributed by atoms with Crippen LogP contribution in [0.15, 0.2) is 66.0 Å². The third kappa shape index (κ3) is 5.88. The van der Waals surface area contributed by atoms with Gasteiger partial charge in [0.25, 0.3) is 5.91 Å². The molecule has 1 fully saturated rings. The molecule has 2 aromatic carbocycles. The lowest BCUT2D eigenvalue weighted by Gasteiger charge is -2.28. The number of carbonyl (C=O) groups excluding carboxylic acids is 2. The summed E-state index contributed by atoms with van der Waals surface area (Å²) in [5, 5.41) is 2.81. The molecule has 0 radical (unpaired) electrons. The molecule has 2 amide bonds. The quantitative estimate of drug-likeness (QED) is 0.410. The van der Waals surface area contributed by atoms with E-state index in [0.29, 0.717) is 28.7 Å². The van der Waals surface area contributed by atoms with Gasteiger partial charge in [-0.2, -0.15) is 0 Å². The van der Waals surface area contributed by atoms with Gasteiger partial charge in [-0.1, -0.05) is 59.6 Å². The van der Waals surface area contributed by atoms with Crippen LogP contribution >= 0.6 is 34.5 Å². The molecule has 1 aliphatic rings. The Kier molecular flexibility index (Phi) is 6.96. The predicted octanol–water partition coefficient (Wildman–Crippen LogP) is 5.89. The fourth-order valence-corrected chi connectivity index (χ4v) is 4.71. The van der Waals surface area contributed by atoms with Crippen molar-refractivity contribution < 1.29 is 9.59 Å². The fourth-order valence-electron chi connectivity index (χ4n) is 3.47. The first-order valence-corrected chi connectivity index (χ1v) is 11.7. The molecular weight excluding hydrogens is 451 g/mol. The standard InChI is InChI=1S/C24H22Cl2N2O2S/c25-19-11-18(12-20(26)13-19)24(30)28(21-8-9-21)16-23(29)27(15-22-7-4-10-31-22)14-17-5-2-1-3-6-17/h1-7,10-13,21H,8-9,14-16H2. The van der Waals surface area contributed by atoms with Gasteiger partial charge in [0.1, 0.15) is 6.54 Å². The van der Waals surface area contributed by atoms with E-state index in [4.69, 9.17) is 23.2 Å². The fraction of sp³-hybridized carbons (Fsp3) is 0.250. The van der Waals surface area contributed by atoms with Crippen molar-refractivity contribution in [1.82, 2.24) is 9.80 Å². The van der Waals surface area contributed by atoms with Crippen molar-refractivity contribution in [3.8, 4) is 0 Å². The van der Waals surface area contributed by atoms with E-state index in [2.05, 4.69) is 0 Å². The van der Waals surface area contributed by atoms with Crippen LogP contribution in [0.4, 0.5) is 0 Å². The molecule has 0 aliphatic heterocycles. The molecule has 0 atom stereocenters. The number of amides is 2. The van der Waals surface area contributed by atoms with Crippen LogP contribution in [0.25, 0.3) is 0 Å². The van der Waals surface area contributed by atoms with Crippen LogP contribution in [0.1, 0.15) is 33.6 Å². The molecule has 4 nitrogen and oxygen atoms in total.